The summed E-state index contributed by atoms with van der Waals surface area (Å²) >= 11 is -2.05. The van der Waals surface area contributed by atoms with Gasteiger partial charge < -0.3 is 4.42 Å². The highest BCUT2D eigenvalue weighted by molar-refractivity contribution is 7.79. The minimum atomic E-state index is -2.05. The van der Waals surface area contributed by atoms with Crippen LogP contribution in [0, 0.1) is 13.8 Å². The Morgan fingerprint density at radius 2 is 2.20 bits per heavy atom. The zero-order valence-corrected chi connectivity index (χ0v) is 6.44. The number of aromatic nitrogens is 1. The van der Waals surface area contributed by atoms with Gasteiger partial charge in [0.2, 0.25) is 16.2 Å². The lowest BCUT2D eigenvalue weighted by Crippen LogP contribution is -1.87. The summed E-state index contributed by atoms with van der Waals surface area (Å²) in [5.41, 5.74) is 0.471. The summed E-state index contributed by atoms with van der Waals surface area (Å²) in [4.78, 5) is 3.81. The number of aryl methyl sites for hydroxylation is 2. The van der Waals surface area contributed by atoms with E-state index < -0.39 is 11.1 Å². The Morgan fingerprint density at radius 1 is 1.60 bits per heavy atom. The molecule has 0 radical (unpaired) electrons. The molecule has 1 unspecified atom stereocenters. The molecular weight excluding hydrogens is 154 g/mol. The third-order valence-corrected chi connectivity index (χ3v) is 1.72. The van der Waals surface area contributed by atoms with E-state index in [-0.39, 0.29) is 5.09 Å². The molecule has 1 atom stereocenters. The molecule has 1 rings (SSSR count). The molecule has 4 nitrogen and oxygen atoms in total. The van der Waals surface area contributed by atoms with Gasteiger partial charge in [0.05, 0.1) is 5.69 Å². The maximum Gasteiger partial charge on any atom is 0.241 e. The Hall–Kier alpha value is -0.680. The lowest BCUT2D eigenvalue weighted by Gasteiger charge is -1.84. The van der Waals surface area contributed by atoms with Crippen molar-refractivity contribution < 1.29 is 13.2 Å². The standard InChI is InChI=1S/C5H7NO3S/c1-3-5(10(7)8)9-4(2)6-3/h1-2H3,(H,7,8). The summed E-state index contributed by atoms with van der Waals surface area (Å²) in [7, 11) is 0. The molecule has 1 aromatic rings. The van der Waals surface area contributed by atoms with Gasteiger partial charge in [-0.1, -0.05) is 0 Å². The van der Waals surface area contributed by atoms with E-state index in [1.54, 1.807) is 13.8 Å². The van der Waals surface area contributed by atoms with Crippen LogP contribution < -0.4 is 0 Å². The van der Waals surface area contributed by atoms with E-state index in [0.717, 1.165) is 0 Å². The molecule has 10 heavy (non-hydrogen) atoms. The Labute approximate surface area is 60.6 Å². The van der Waals surface area contributed by atoms with E-state index >= 15 is 0 Å². The molecule has 0 saturated heterocycles. The maximum atomic E-state index is 10.4. The van der Waals surface area contributed by atoms with Crippen LogP contribution in [0.1, 0.15) is 11.6 Å². The van der Waals surface area contributed by atoms with Crippen LogP contribution in [-0.4, -0.2) is 13.7 Å². The van der Waals surface area contributed by atoms with Gasteiger partial charge in [0.25, 0.3) is 0 Å². The van der Waals surface area contributed by atoms with Crippen LogP contribution in [0.4, 0.5) is 0 Å². The molecule has 0 saturated carbocycles. The minimum Gasteiger partial charge on any atom is -0.429 e. The fourth-order valence-corrected chi connectivity index (χ4v) is 1.16. The Balaban J connectivity index is 3.15. The fraction of sp³-hybridized carbons (Fsp3) is 0.400. The van der Waals surface area contributed by atoms with Crippen LogP contribution in [0.15, 0.2) is 9.51 Å². The smallest absolute Gasteiger partial charge is 0.241 e. The van der Waals surface area contributed by atoms with E-state index in [0.29, 0.717) is 11.6 Å². The predicted octanol–water partition coefficient (Wildman–Crippen LogP) is 0.872. The summed E-state index contributed by atoms with van der Waals surface area (Å²) in [5.74, 6) is 0.412. The summed E-state index contributed by atoms with van der Waals surface area (Å²) in [6, 6.07) is 0. The molecule has 0 aliphatic heterocycles. The van der Waals surface area contributed by atoms with Gasteiger partial charge in [-0.05, 0) is 6.92 Å². The second-order valence-electron chi connectivity index (χ2n) is 1.85. The van der Waals surface area contributed by atoms with Crippen molar-refractivity contribution in [1.29, 1.82) is 0 Å². The fourth-order valence-electron chi connectivity index (χ4n) is 0.675. The average Bonchev–Trinajstić information content (AvgIpc) is 2.10. The van der Waals surface area contributed by atoms with Crippen molar-refractivity contribution in [3.8, 4) is 0 Å². The van der Waals surface area contributed by atoms with Crippen molar-refractivity contribution in [3.05, 3.63) is 11.6 Å². The zero-order chi connectivity index (χ0) is 7.72. The van der Waals surface area contributed by atoms with E-state index in [1.165, 1.54) is 0 Å². The van der Waals surface area contributed by atoms with Crippen LogP contribution in [0.5, 0.6) is 0 Å². The topological polar surface area (TPSA) is 63.3 Å². The molecule has 1 aromatic heterocycles. The van der Waals surface area contributed by atoms with Crippen molar-refractivity contribution in [1.82, 2.24) is 4.98 Å². The average molecular weight is 161 g/mol. The molecule has 0 aliphatic rings. The third kappa shape index (κ3) is 1.25. The molecule has 0 bridgehead atoms. The first-order chi connectivity index (χ1) is 4.61. The van der Waals surface area contributed by atoms with Gasteiger partial charge in [-0.15, -0.1) is 0 Å². The first-order valence-electron chi connectivity index (χ1n) is 2.66. The van der Waals surface area contributed by atoms with Gasteiger partial charge in [0, 0.05) is 6.92 Å². The maximum absolute atomic E-state index is 10.4. The molecule has 1 heterocycles. The lowest BCUT2D eigenvalue weighted by molar-refractivity contribution is 0.415. The highest BCUT2D eigenvalue weighted by Gasteiger charge is 2.10. The quantitative estimate of drug-likeness (QED) is 0.621. The van der Waals surface area contributed by atoms with Crippen LogP contribution >= 0.6 is 0 Å². The van der Waals surface area contributed by atoms with E-state index in [9.17, 15) is 4.21 Å². The van der Waals surface area contributed by atoms with Gasteiger partial charge in [0.1, 0.15) is 0 Å². The van der Waals surface area contributed by atoms with E-state index in [4.69, 9.17) is 8.97 Å². The Kier molecular flexibility index (Phi) is 1.87. The molecule has 0 aromatic carbocycles. The van der Waals surface area contributed by atoms with Gasteiger partial charge in [-0.2, -0.15) is 0 Å². The van der Waals surface area contributed by atoms with Gasteiger partial charge >= 0.3 is 0 Å². The predicted molar refractivity (Wildman–Crippen MR) is 35.0 cm³/mol. The second-order valence-corrected chi connectivity index (χ2v) is 2.72. The van der Waals surface area contributed by atoms with Crippen LogP contribution in [0.3, 0.4) is 0 Å². The number of oxazole rings is 1. The molecule has 0 amide bonds. The number of rotatable bonds is 1. The summed E-state index contributed by atoms with van der Waals surface area (Å²) in [6.45, 7) is 3.25. The van der Waals surface area contributed by atoms with E-state index in [1.807, 2.05) is 0 Å². The molecular formula is C5H7NO3S. The normalized spacial score (nSPS) is 13.5. The number of hydrogen-bond donors (Lipinski definition) is 1. The largest absolute Gasteiger partial charge is 0.429 e. The Bertz CT molecular complexity index is 268. The minimum absolute atomic E-state index is 0.0394. The number of hydrogen-bond acceptors (Lipinski definition) is 3. The SMILES string of the molecule is Cc1nc(C)c(S(=O)O)o1. The van der Waals surface area contributed by atoms with Crippen molar-refractivity contribution in [3.63, 3.8) is 0 Å². The summed E-state index contributed by atoms with van der Waals surface area (Å²) in [6.07, 6.45) is 0. The lowest BCUT2D eigenvalue weighted by atomic mass is 10.6. The van der Waals surface area contributed by atoms with Crippen LogP contribution in [0.25, 0.3) is 0 Å². The van der Waals surface area contributed by atoms with Gasteiger partial charge in [-0.3, -0.25) is 4.55 Å². The first-order valence-corrected chi connectivity index (χ1v) is 3.77. The van der Waals surface area contributed by atoms with Gasteiger partial charge in [-0.25, -0.2) is 9.19 Å². The molecule has 0 spiro atoms. The molecule has 5 heteroatoms. The highest BCUT2D eigenvalue weighted by atomic mass is 32.2. The van der Waals surface area contributed by atoms with Crippen molar-refractivity contribution >= 4 is 11.1 Å². The number of nitrogens with zero attached hydrogens (tertiary/aromatic N) is 1. The first kappa shape index (κ1) is 7.43. The summed E-state index contributed by atoms with van der Waals surface area (Å²) in [5, 5.41) is 0.0394. The van der Waals surface area contributed by atoms with E-state index in [2.05, 4.69) is 4.98 Å². The molecule has 1 N–H and O–H groups in total. The van der Waals surface area contributed by atoms with Crippen molar-refractivity contribution in [2.75, 3.05) is 0 Å². The molecule has 56 valence electrons. The molecule has 0 fully saturated rings. The summed E-state index contributed by atoms with van der Waals surface area (Å²) < 4.78 is 23.8. The van der Waals surface area contributed by atoms with Gasteiger partial charge in [0.15, 0.2) is 5.89 Å². The van der Waals surface area contributed by atoms with Crippen molar-refractivity contribution in [2.45, 2.75) is 18.9 Å². The zero-order valence-electron chi connectivity index (χ0n) is 5.62. The third-order valence-electron chi connectivity index (χ3n) is 1.02. The van der Waals surface area contributed by atoms with Crippen molar-refractivity contribution in [2.24, 2.45) is 0 Å². The van der Waals surface area contributed by atoms with Crippen LogP contribution in [0.2, 0.25) is 0 Å². The highest BCUT2D eigenvalue weighted by Crippen LogP contribution is 2.11. The second kappa shape index (κ2) is 2.51. The molecule has 0 aliphatic carbocycles. The monoisotopic (exact) mass is 161 g/mol. The Morgan fingerprint density at radius 3 is 2.40 bits per heavy atom. The van der Waals surface area contributed by atoms with Crippen LogP contribution in [-0.2, 0) is 11.1 Å².